The molecule has 3 nitrogen and oxygen atoms in total. The lowest BCUT2D eigenvalue weighted by Crippen LogP contribution is -2.04. The Morgan fingerprint density at radius 1 is 1.05 bits per heavy atom. The molecule has 2 aromatic carbocycles. The number of benzene rings is 2. The van der Waals surface area contributed by atoms with E-state index in [-0.39, 0.29) is 23.1 Å². The van der Waals surface area contributed by atoms with E-state index in [0.29, 0.717) is 10.6 Å². The molecule has 0 N–H and O–H groups in total. The minimum atomic E-state index is -4.48. The molecule has 2 aromatic rings. The van der Waals surface area contributed by atoms with Crippen LogP contribution < -0.4 is 4.74 Å². The van der Waals surface area contributed by atoms with E-state index in [1.54, 1.807) is 0 Å². The van der Waals surface area contributed by atoms with Crippen LogP contribution in [0, 0.1) is 4.91 Å². The van der Waals surface area contributed by atoms with Crippen molar-refractivity contribution in [3.63, 3.8) is 0 Å². The first-order chi connectivity index (χ1) is 10.3. The Morgan fingerprint density at radius 2 is 1.77 bits per heavy atom. The van der Waals surface area contributed by atoms with Gasteiger partial charge in [0.1, 0.15) is 18.0 Å². The molecular weight excluding hydrogens is 342 g/mol. The molecule has 2 rings (SSSR count). The number of nitrogens with zero attached hydrogens (tertiary/aromatic N) is 1. The van der Waals surface area contributed by atoms with Gasteiger partial charge in [0.05, 0.1) is 10.6 Å². The summed E-state index contributed by atoms with van der Waals surface area (Å²) in [5.74, 6) is 0.340. The van der Waals surface area contributed by atoms with Gasteiger partial charge in [0, 0.05) is 5.02 Å². The largest absolute Gasteiger partial charge is 0.456 e. The highest BCUT2D eigenvalue weighted by Crippen LogP contribution is 2.36. The van der Waals surface area contributed by atoms with E-state index in [1.165, 1.54) is 18.2 Å². The van der Waals surface area contributed by atoms with Crippen LogP contribution in [0.1, 0.15) is 11.1 Å². The number of alkyl halides is 3. The lowest BCUT2D eigenvalue weighted by atomic mass is 10.2. The molecule has 0 aromatic heterocycles. The highest BCUT2D eigenvalue weighted by atomic mass is 35.5. The Labute approximate surface area is 133 Å². The summed E-state index contributed by atoms with van der Waals surface area (Å²) >= 11 is 11.7. The molecule has 0 aliphatic heterocycles. The Morgan fingerprint density at radius 3 is 2.36 bits per heavy atom. The van der Waals surface area contributed by atoms with Crippen LogP contribution >= 0.6 is 23.2 Å². The maximum absolute atomic E-state index is 12.6. The van der Waals surface area contributed by atoms with Crippen LogP contribution in [-0.2, 0) is 12.7 Å². The average Bonchev–Trinajstić information content (AvgIpc) is 2.44. The molecule has 0 saturated heterocycles. The lowest BCUT2D eigenvalue weighted by Gasteiger charge is -2.12. The highest BCUT2D eigenvalue weighted by molar-refractivity contribution is 6.32. The molecule has 0 saturated carbocycles. The Bertz CT molecular complexity index is 705. The molecule has 0 bridgehead atoms. The topological polar surface area (TPSA) is 38.7 Å². The van der Waals surface area contributed by atoms with Gasteiger partial charge in [-0.2, -0.15) is 18.1 Å². The lowest BCUT2D eigenvalue weighted by molar-refractivity contribution is -0.137. The van der Waals surface area contributed by atoms with Crippen LogP contribution in [0.15, 0.2) is 41.6 Å². The molecule has 0 fully saturated rings. The van der Waals surface area contributed by atoms with E-state index < -0.39 is 11.7 Å². The molecule has 8 heteroatoms. The fourth-order valence-electron chi connectivity index (χ4n) is 1.69. The van der Waals surface area contributed by atoms with Gasteiger partial charge in [-0.15, -0.1) is 0 Å². The number of hydrogen-bond acceptors (Lipinski definition) is 3. The second-order valence-electron chi connectivity index (χ2n) is 4.29. The summed E-state index contributed by atoms with van der Waals surface area (Å²) in [6, 6.07) is 7.24. The molecule has 0 unspecified atom stereocenters. The molecule has 0 spiro atoms. The summed E-state index contributed by atoms with van der Waals surface area (Å²) in [4.78, 5) is 10.3. The van der Waals surface area contributed by atoms with Crippen molar-refractivity contribution in [2.24, 2.45) is 5.18 Å². The van der Waals surface area contributed by atoms with Crippen LogP contribution in [0.25, 0.3) is 0 Å². The number of nitroso groups, excluding NO2 is 1. The zero-order valence-electron chi connectivity index (χ0n) is 10.8. The average molecular weight is 350 g/mol. The van der Waals surface area contributed by atoms with E-state index in [0.717, 1.165) is 18.2 Å². The second kappa shape index (κ2) is 6.54. The van der Waals surface area contributed by atoms with Gasteiger partial charge in [-0.25, -0.2) is 0 Å². The number of ether oxygens (including phenoxy) is 1. The Hall–Kier alpha value is -1.79. The fraction of sp³-hybridized carbons (Fsp3) is 0.143. The summed E-state index contributed by atoms with van der Waals surface area (Å²) in [5, 5.41) is 2.89. The van der Waals surface area contributed by atoms with Gasteiger partial charge < -0.3 is 4.74 Å². The molecule has 0 amide bonds. The SMILES string of the molecule is O=NCc1cc(Oc2ccc(C(F)(F)F)cc2Cl)ccc1Cl. The number of hydrogen-bond donors (Lipinski definition) is 0. The van der Waals surface area contributed by atoms with Crippen molar-refractivity contribution in [1.29, 1.82) is 0 Å². The first-order valence-corrected chi connectivity index (χ1v) is 6.69. The van der Waals surface area contributed by atoms with Crippen LogP contribution in [-0.4, -0.2) is 0 Å². The number of rotatable bonds is 4. The van der Waals surface area contributed by atoms with E-state index in [2.05, 4.69) is 5.18 Å². The van der Waals surface area contributed by atoms with Crippen molar-refractivity contribution in [2.45, 2.75) is 12.7 Å². The molecule has 0 aliphatic carbocycles. The maximum atomic E-state index is 12.6. The van der Waals surface area contributed by atoms with Gasteiger partial charge >= 0.3 is 6.18 Å². The molecular formula is C14H8Cl2F3NO2. The number of halogens is 5. The summed E-state index contributed by atoms with van der Waals surface area (Å²) in [6.45, 7) is -0.142. The first-order valence-electron chi connectivity index (χ1n) is 5.93. The van der Waals surface area contributed by atoms with E-state index in [9.17, 15) is 18.1 Å². The minimum absolute atomic E-state index is 0.0574. The van der Waals surface area contributed by atoms with Crippen LogP contribution in [0.5, 0.6) is 11.5 Å². The normalized spacial score (nSPS) is 11.3. The quantitative estimate of drug-likeness (QED) is 0.628. The van der Waals surface area contributed by atoms with E-state index >= 15 is 0 Å². The van der Waals surface area contributed by atoms with Gasteiger partial charge in [-0.1, -0.05) is 28.4 Å². The molecule has 0 aliphatic rings. The fourth-order valence-corrected chi connectivity index (χ4v) is 2.09. The predicted molar refractivity (Wildman–Crippen MR) is 77.5 cm³/mol. The van der Waals surface area contributed by atoms with Crippen LogP contribution in [0.3, 0.4) is 0 Å². The standard InChI is InChI=1S/C14H8Cl2F3NO2/c15-11-3-2-10(5-8(11)7-20-21)22-13-4-1-9(6-12(13)16)14(17,18)19/h1-6H,7H2. The van der Waals surface area contributed by atoms with Gasteiger partial charge in [0.2, 0.25) is 0 Å². The smallest absolute Gasteiger partial charge is 0.416 e. The molecule has 22 heavy (non-hydrogen) atoms. The molecule has 0 radical (unpaired) electrons. The van der Waals surface area contributed by atoms with Crippen molar-refractivity contribution in [2.75, 3.05) is 0 Å². The first kappa shape index (κ1) is 16.6. The monoisotopic (exact) mass is 349 g/mol. The van der Waals surface area contributed by atoms with Crippen molar-refractivity contribution < 1.29 is 17.9 Å². The molecule has 0 heterocycles. The molecule has 0 atom stereocenters. The van der Waals surface area contributed by atoms with Crippen molar-refractivity contribution in [3.8, 4) is 11.5 Å². The van der Waals surface area contributed by atoms with Crippen LogP contribution in [0.4, 0.5) is 13.2 Å². The zero-order valence-corrected chi connectivity index (χ0v) is 12.3. The Balaban J connectivity index is 2.28. The van der Waals surface area contributed by atoms with E-state index in [4.69, 9.17) is 27.9 Å². The van der Waals surface area contributed by atoms with Crippen molar-refractivity contribution in [1.82, 2.24) is 0 Å². The summed E-state index contributed by atoms with van der Waals surface area (Å²) in [6.07, 6.45) is -4.48. The van der Waals surface area contributed by atoms with E-state index in [1.807, 2.05) is 0 Å². The third kappa shape index (κ3) is 3.90. The summed E-state index contributed by atoms with van der Waals surface area (Å²) < 4.78 is 43.1. The minimum Gasteiger partial charge on any atom is -0.456 e. The Kier molecular flexibility index (Phi) is 4.93. The summed E-state index contributed by atoms with van der Waals surface area (Å²) in [5.41, 5.74) is -0.427. The zero-order chi connectivity index (χ0) is 16.3. The highest BCUT2D eigenvalue weighted by Gasteiger charge is 2.31. The summed E-state index contributed by atoms with van der Waals surface area (Å²) in [7, 11) is 0. The third-order valence-electron chi connectivity index (χ3n) is 2.74. The third-order valence-corrected chi connectivity index (χ3v) is 3.40. The van der Waals surface area contributed by atoms with Crippen molar-refractivity contribution >= 4 is 23.2 Å². The maximum Gasteiger partial charge on any atom is 0.416 e. The van der Waals surface area contributed by atoms with Crippen molar-refractivity contribution in [3.05, 3.63) is 62.5 Å². The van der Waals surface area contributed by atoms with Gasteiger partial charge in [-0.05, 0) is 42.0 Å². The second-order valence-corrected chi connectivity index (χ2v) is 5.10. The van der Waals surface area contributed by atoms with Gasteiger partial charge in [0.25, 0.3) is 0 Å². The predicted octanol–water partition coefficient (Wildman–Crippen LogP) is 6.07. The molecule has 116 valence electrons. The van der Waals surface area contributed by atoms with Gasteiger partial charge in [0.15, 0.2) is 0 Å². The van der Waals surface area contributed by atoms with Crippen LogP contribution in [0.2, 0.25) is 10.0 Å². The van der Waals surface area contributed by atoms with Gasteiger partial charge in [-0.3, -0.25) is 0 Å².